The fourth-order valence-corrected chi connectivity index (χ4v) is 4.41. The SMILES string of the molecule is COc1cccc(/C=C2\Oc3c(cc4c(c3C)OCN(Cc3ccc(F)cc3)C4)C2=O)c1OC. The standard InChI is InChI=1S/C27H24FNO5/c1-16-25-19(14-29(15-33-25)13-17-7-9-20(28)10-8-17)11-21-24(30)23(34-26(16)21)12-18-5-4-6-22(31-2)27(18)32-3/h4-12H,13-15H2,1-3H3/b23-12-. The van der Waals surface area contributed by atoms with E-state index in [2.05, 4.69) is 4.90 Å². The molecule has 0 amide bonds. The number of rotatable bonds is 5. The third-order valence-corrected chi connectivity index (χ3v) is 6.04. The van der Waals surface area contributed by atoms with Crippen LogP contribution in [-0.4, -0.2) is 31.6 Å². The van der Waals surface area contributed by atoms with E-state index in [-0.39, 0.29) is 17.4 Å². The van der Waals surface area contributed by atoms with Crippen LogP contribution in [0, 0.1) is 12.7 Å². The van der Waals surface area contributed by atoms with E-state index in [1.165, 1.54) is 12.1 Å². The second-order valence-corrected chi connectivity index (χ2v) is 8.28. The number of carbonyl (C=O) groups is 1. The van der Waals surface area contributed by atoms with Gasteiger partial charge in [-0.3, -0.25) is 9.69 Å². The highest BCUT2D eigenvalue weighted by atomic mass is 19.1. The largest absolute Gasteiger partial charge is 0.493 e. The summed E-state index contributed by atoms with van der Waals surface area (Å²) >= 11 is 0. The van der Waals surface area contributed by atoms with Crippen LogP contribution in [0.25, 0.3) is 6.08 Å². The Hall–Kier alpha value is -3.84. The molecule has 0 saturated carbocycles. The number of hydrogen-bond acceptors (Lipinski definition) is 6. The molecule has 0 fully saturated rings. The Morgan fingerprint density at radius 1 is 1.09 bits per heavy atom. The molecule has 0 radical (unpaired) electrons. The Labute approximate surface area is 197 Å². The topological polar surface area (TPSA) is 57.2 Å². The lowest BCUT2D eigenvalue weighted by atomic mass is 9.99. The average Bonchev–Trinajstić information content (AvgIpc) is 3.15. The molecule has 0 aliphatic carbocycles. The highest BCUT2D eigenvalue weighted by Gasteiger charge is 2.34. The van der Waals surface area contributed by atoms with Crippen LogP contribution in [0.15, 0.2) is 54.3 Å². The van der Waals surface area contributed by atoms with Crippen LogP contribution in [0.3, 0.4) is 0 Å². The number of carbonyl (C=O) groups excluding carboxylic acids is 1. The number of methoxy groups -OCH3 is 2. The first-order valence-corrected chi connectivity index (χ1v) is 10.9. The van der Waals surface area contributed by atoms with Gasteiger partial charge in [0.2, 0.25) is 5.78 Å². The van der Waals surface area contributed by atoms with Gasteiger partial charge in [-0.25, -0.2) is 4.39 Å². The molecular weight excluding hydrogens is 437 g/mol. The minimum absolute atomic E-state index is 0.193. The molecule has 0 atom stereocenters. The van der Waals surface area contributed by atoms with Crippen LogP contribution >= 0.6 is 0 Å². The van der Waals surface area contributed by atoms with Gasteiger partial charge in [0.15, 0.2) is 17.3 Å². The van der Waals surface area contributed by atoms with Gasteiger partial charge in [-0.15, -0.1) is 0 Å². The number of hydrogen-bond donors (Lipinski definition) is 0. The summed E-state index contributed by atoms with van der Waals surface area (Å²) in [6.07, 6.45) is 1.67. The zero-order valence-electron chi connectivity index (χ0n) is 19.2. The summed E-state index contributed by atoms with van der Waals surface area (Å²) in [5, 5.41) is 0. The molecular formula is C27H24FNO5. The fraction of sp³-hybridized carbons (Fsp3) is 0.222. The predicted octanol–water partition coefficient (Wildman–Crippen LogP) is 5.12. The number of ether oxygens (including phenoxy) is 4. The molecule has 174 valence electrons. The molecule has 0 spiro atoms. The van der Waals surface area contributed by atoms with Gasteiger partial charge in [-0.2, -0.15) is 0 Å². The number of para-hydroxylation sites is 1. The molecule has 3 aromatic carbocycles. The molecule has 0 aromatic heterocycles. The van der Waals surface area contributed by atoms with Gasteiger partial charge in [0, 0.05) is 29.8 Å². The van der Waals surface area contributed by atoms with Crippen molar-refractivity contribution in [3.63, 3.8) is 0 Å². The van der Waals surface area contributed by atoms with E-state index in [1.54, 1.807) is 38.5 Å². The van der Waals surface area contributed by atoms with Gasteiger partial charge in [0.1, 0.15) is 24.0 Å². The van der Waals surface area contributed by atoms with Crippen molar-refractivity contribution in [1.82, 2.24) is 4.90 Å². The highest BCUT2D eigenvalue weighted by molar-refractivity contribution is 6.15. The van der Waals surface area contributed by atoms with Crippen molar-refractivity contribution in [3.05, 3.63) is 87.9 Å². The smallest absolute Gasteiger partial charge is 0.231 e. The van der Waals surface area contributed by atoms with Crippen molar-refractivity contribution < 1.29 is 28.1 Å². The maximum Gasteiger partial charge on any atom is 0.231 e. The maximum atomic E-state index is 13.2. The van der Waals surface area contributed by atoms with Crippen molar-refractivity contribution >= 4 is 11.9 Å². The molecule has 2 heterocycles. The zero-order chi connectivity index (χ0) is 23.8. The van der Waals surface area contributed by atoms with Crippen LogP contribution in [0.4, 0.5) is 4.39 Å². The summed E-state index contributed by atoms with van der Waals surface area (Å²) in [6, 6.07) is 13.7. The maximum absolute atomic E-state index is 13.2. The van der Waals surface area contributed by atoms with E-state index in [0.29, 0.717) is 48.2 Å². The van der Waals surface area contributed by atoms with Crippen LogP contribution in [0.2, 0.25) is 0 Å². The molecule has 2 aliphatic rings. The second-order valence-electron chi connectivity index (χ2n) is 8.28. The quantitative estimate of drug-likeness (QED) is 0.492. The Morgan fingerprint density at radius 2 is 1.88 bits per heavy atom. The van der Waals surface area contributed by atoms with Gasteiger partial charge in [-0.05, 0) is 42.8 Å². The lowest BCUT2D eigenvalue weighted by molar-refractivity contribution is 0.0876. The third kappa shape index (κ3) is 3.88. The third-order valence-electron chi connectivity index (χ3n) is 6.04. The first kappa shape index (κ1) is 22.0. The number of ketones is 1. The van der Waals surface area contributed by atoms with Crippen LogP contribution < -0.4 is 18.9 Å². The van der Waals surface area contributed by atoms with Gasteiger partial charge in [-0.1, -0.05) is 24.3 Å². The number of nitrogens with zero attached hydrogens (tertiary/aromatic N) is 1. The van der Waals surface area contributed by atoms with Crippen molar-refractivity contribution in [2.75, 3.05) is 21.0 Å². The summed E-state index contributed by atoms with van der Waals surface area (Å²) in [5.74, 6) is 2.12. The Kier molecular flexibility index (Phi) is 5.71. The van der Waals surface area contributed by atoms with Crippen LogP contribution in [-0.2, 0) is 13.1 Å². The Morgan fingerprint density at radius 3 is 2.62 bits per heavy atom. The monoisotopic (exact) mass is 461 g/mol. The molecule has 34 heavy (non-hydrogen) atoms. The first-order valence-electron chi connectivity index (χ1n) is 10.9. The molecule has 0 N–H and O–H groups in total. The van der Waals surface area contributed by atoms with Crippen molar-refractivity contribution in [2.45, 2.75) is 20.0 Å². The van der Waals surface area contributed by atoms with Crippen molar-refractivity contribution in [3.8, 4) is 23.0 Å². The predicted molar refractivity (Wildman–Crippen MR) is 125 cm³/mol. The van der Waals surface area contributed by atoms with E-state index >= 15 is 0 Å². The van der Waals surface area contributed by atoms with Crippen molar-refractivity contribution in [2.24, 2.45) is 0 Å². The van der Waals surface area contributed by atoms with Crippen molar-refractivity contribution in [1.29, 1.82) is 0 Å². The van der Waals surface area contributed by atoms with E-state index in [4.69, 9.17) is 18.9 Å². The van der Waals surface area contributed by atoms with Gasteiger partial charge < -0.3 is 18.9 Å². The Balaban J connectivity index is 1.43. The Bertz CT molecular complexity index is 1300. The summed E-state index contributed by atoms with van der Waals surface area (Å²) in [6.45, 7) is 3.51. The van der Waals surface area contributed by atoms with Gasteiger partial charge >= 0.3 is 0 Å². The lowest BCUT2D eigenvalue weighted by Crippen LogP contribution is -2.32. The van der Waals surface area contributed by atoms with E-state index in [9.17, 15) is 9.18 Å². The van der Waals surface area contributed by atoms with Crippen LogP contribution in [0.5, 0.6) is 23.0 Å². The molecule has 2 aliphatic heterocycles. The van der Waals surface area contributed by atoms with E-state index < -0.39 is 0 Å². The summed E-state index contributed by atoms with van der Waals surface area (Å²) in [4.78, 5) is 15.3. The molecule has 7 heteroatoms. The number of halogens is 1. The zero-order valence-corrected chi connectivity index (χ0v) is 19.2. The second kappa shape index (κ2) is 8.83. The number of fused-ring (bicyclic) bond motifs is 2. The molecule has 5 rings (SSSR count). The molecule has 6 nitrogen and oxygen atoms in total. The summed E-state index contributed by atoms with van der Waals surface area (Å²) in [7, 11) is 3.12. The molecule has 0 unspecified atom stereocenters. The minimum Gasteiger partial charge on any atom is -0.493 e. The first-order chi connectivity index (χ1) is 16.5. The molecule has 3 aromatic rings. The van der Waals surface area contributed by atoms with Crippen LogP contribution in [0.1, 0.15) is 32.6 Å². The lowest BCUT2D eigenvalue weighted by Gasteiger charge is -2.30. The number of allylic oxidation sites excluding steroid dienone is 1. The number of Topliss-reactive ketones (excluding diaryl/α,β-unsaturated/α-hetero) is 1. The average molecular weight is 461 g/mol. The highest BCUT2D eigenvalue weighted by Crippen LogP contribution is 2.44. The molecule has 0 saturated heterocycles. The molecule has 0 bridgehead atoms. The summed E-state index contributed by atoms with van der Waals surface area (Å²) < 4.78 is 36.1. The fourth-order valence-electron chi connectivity index (χ4n) is 4.41. The van der Waals surface area contributed by atoms with E-state index in [1.807, 2.05) is 25.1 Å². The van der Waals surface area contributed by atoms with E-state index in [0.717, 1.165) is 22.4 Å². The minimum atomic E-state index is -0.260. The number of benzene rings is 3. The van der Waals surface area contributed by atoms with Gasteiger partial charge in [0.05, 0.1) is 19.8 Å². The normalized spacial score (nSPS) is 16.0. The summed E-state index contributed by atoms with van der Waals surface area (Å²) in [5.41, 5.74) is 3.90. The van der Waals surface area contributed by atoms with Gasteiger partial charge in [0.25, 0.3) is 0 Å².